The van der Waals surface area contributed by atoms with Gasteiger partial charge >= 0.3 is 0 Å². The largest absolute Gasteiger partial charge is 0.399 e. The molecule has 2 N–H and O–H groups in total. The van der Waals surface area contributed by atoms with Crippen LogP contribution in [0.2, 0.25) is 0 Å². The Morgan fingerprint density at radius 1 is 1.17 bits per heavy atom. The number of nitrogen functional groups attached to an aromatic ring is 1. The lowest BCUT2D eigenvalue weighted by Crippen LogP contribution is -2.12. The minimum Gasteiger partial charge on any atom is -0.399 e. The van der Waals surface area contributed by atoms with Gasteiger partial charge in [0.1, 0.15) is 0 Å². The highest BCUT2D eigenvalue weighted by Crippen LogP contribution is 2.36. The second kappa shape index (κ2) is 3.40. The number of benzene rings is 1. The maximum absolute atomic E-state index is 5.59. The molecule has 1 aliphatic rings. The van der Waals surface area contributed by atoms with Crippen LogP contribution in [0.4, 0.5) is 5.69 Å². The van der Waals surface area contributed by atoms with E-state index in [1.165, 1.54) is 24.2 Å². The highest BCUT2D eigenvalue weighted by Gasteiger charge is 2.17. The van der Waals surface area contributed by atoms with Gasteiger partial charge in [-0.3, -0.25) is 0 Å². The maximum Gasteiger partial charge on any atom is 0.0314 e. The zero-order chi connectivity index (χ0) is 8.39. The Balaban J connectivity index is 1.98. The molecule has 2 heteroatoms. The van der Waals surface area contributed by atoms with Crippen LogP contribution in [-0.2, 0) is 0 Å². The molecule has 0 saturated heterocycles. The molecule has 0 heterocycles. The summed E-state index contributed by atoms with van der Waals surface area (Å²) in [7, 11) is 0. The van der Waals surface area contributed by atoms with Gasteiger partial charge in [-0.15, -0.1) is 11.8 Å². The lowest BCUT2D eigenvalue weighted by Gasteiger charge is -2.24. The summed E-state index contributed by atoms with van der Waals surface area (Å²) >= 11 is 1.98. The van der Waals surface area contributed by atoms with Gasteiger partial charge < -0.3 is 5.73 Å². The van der Waals surface area contributed by atoms with E-state index in [1.54, 1.807) is 0 Å². The van der Waals surface area contributed by atoms with Crippen molar-refractivity contribution >= 4 is 17.4 Å². The fourth-order valence-corrected chi connectivity index (χ4v) is 2.47. The monoisotopic (exact) mass is 179 g/mol. The van der Waals surface area contributed by atoms with Crippen LogP contribution >= 0.6 is 11.8 Å². The van der Waals surface area contributed by atoms with Crippen LogP contribution in [0.25, 0.3) is 0 Å². The average Bonchev–Trinajstić information content (AvgIpc) is 2.00. The highest BCUT2D eigenvalue weighted by molar-refractivity contribution is 8.00. The normalized spacial score (nSPS) is 17.3. The molecule has 1 fully saturated rings. The van der Waals surface area contributed by atoms with E-state index in [1.807, 2.05) is 23.9 Å². The maximum atomic E-state index is 5.59. The predicted octanol–water partition coefficient (Wildman–Crippen LogP) is 2.91. The molecule has 0 amide bonds. The molecule has 0 atom stereocenters. The number of hydrogen-bond acceptors (Lipinski definition) is 2. The molecule has 64 valence electrons. The molecule has 1 aromatic rings. The molecule has 12 heavy (non-hydrogen) atoms. The number of hydrogen-bond donors (Lipinski definition) is 1. The van der Waals surface area contributed by atoms with E-state index in [2.05, 4.69) is 12.1 Å². The molecule has 0 aromatic heterocycles. The third-order valence-corrected chi connectivity index (χ3v) is 3.58. The van der Waals surface area contributed by atoms with Crippen molar-refractivity contribution in [2.75, 3.05) is 5.73 Å². The van der Waals surface area contributed by atoms with Crippen molar-refractivity contribution in [2.45, 2.75) is 29.4 Å². The highest BCUT2D eigenvalue weighted by atomic mass is 32.2. The summed E-state index contributed by atoms with van der Waals surface area (Å²) < 4.78 is 0. The van der Waals surface area contributed by atoms with Gasteiger partial charge in [0.2, 0.25) is 0 Å². The van der Waals surface area contributed by atoms with Crippen molar-refractivity contribution in [3.05, 3.63) is 24.3 Å². The summed E-state index contributed by atoms with van der Waals surface area (Å²) in [5, 5.41) is 0.869. The fourth-order valence-electron chi connectivity index (χ4n) is 1.23. The second-order valence-electron chi connectivity index (χ2n) is 3.24. The van der Waals surface area contributed by atoms with Crippen molar-refractivity contribution in [1.29, 1.82) is 0 Å². The van der Waals surface area contributed by atoms with E-state index in [0.717, 1.165) is 10.9 Å². The fraction of sp³-hybridized carbons (Fsp3) is 0.400. The first-order chi connectivity index (χ1) is 5.84. The molecular formula is C10H13NS. The van der Waals surface area contributed by atoms with Crippen molar-refractivity contribution in [1.82, 2.24) is 0 Å². The van der Waals surface area contributed by atoms with Gasteiger partial charge in [-0.25, -0.2) is 0 Å². The molecule has 1 saturated carbocycles. The van der Waals surface area contributed by atoms with Gasteiger partial charge in [-0.1, -0.05) is 6.42 Å². The summed E-state index contributed by atoms with van der Waals surface area (Å²) in [6, 6.07) is 8.17. The molecule has 0 unspecified atom stereocenters. The first-order valence-corrected chi connectivity index (χ1v) is 5.25. The van der Waals surface area contributed by atoms with Crippen molar-refractivity contribution in [3.8, 4) is 0 Å². The quantitative estimate of drug-likeness (QED) is 0.706. The lowest BCUT2D eigenvalue weighted by molar-refractivity contribution is 0.522. The Bertz CT molecular complexity index is 251. The average molecular weight is 179 g/mol. The summed E-state index contributed by atoms with van der Waals surface area (Å²) in [4.78, 5) is 1.36. The van der Waals surface area contributed by atoms with Gasteiger partial charge in [0, 0.05) is 15.8 Å². The minimum absolute atomic E-state index is 0.855. The van der Waals surface area contributed by atoms with E-state index in [0.29, 0.717) is 0 Å². The van der Waals surface area contributed by atoms with Crippen LogP contribution in [0, 0.1) is 0 Å². The van der Waals surface area contributed by atoms with Gasteiger partial charge in [-0.2, -0.15) is 0 Å². The minimum atomic E-state index is 0.855. The molecular weight excluding hydrogens is 166 g/mol. The first-order valence-electron chi connectivity index (χ1n) is 4.37. The smallest absolute Gasteiger partial charge is 0.0314 e. The Hall–Kier alpha value is -0.630. The van der Waals surface area contributed by atoms with Crippen LogP contribution in [0.3, 0.4) is 0 Å². The molecule has 0 spiro atoms. The molecule has 0 radical (unpaired) electrons. The van der Waals surface area contributed by atoms with Gasteiger partial charge in [0.15, 0.2) is 0 Å². The first kappa shape index (κ1) is 7.99. The van der Waals surface area contributed by atoms with Crippen LogP contribution in [0.15, 0.2) is 29.2 Å². The van der Waals surface area contributed by atoms with E-state index >= 15 is 0 Å². The van der Waals surface area contributed by atoms with Crippen LogP contribution in [-0.4, -0.2) is 5.25 Å². The standard InChI is InChI=1S/C10H13NS/c11-8-4-6-10(7-5-8)12-9-2-1-3-9/h4-7,9H,1-3,11H2. The number of anilines is 1. The Morgan fingerprint density at radius 2 is 1.83 bits per heavy atom. The van der Waals surface area contributed by atoms with Gasteiger partial charge in [0.05, 0.1) is 0 Å². The third-order valence-electron chi connectivity index (χ3n) is 2.24. The summed E-state index contributed by atoms with van der Waals surface area (Å²) in [5.41, 5.74) is 6.45. The molecule has 2 rings (SSSR count). The Kier molecular flexibility index (Phi) is 2.26. The van der Waals surface area contributed by atoms with Gasteiger partial charge in [0.25, 0.3) is 0 Å². The SMILES string of the molecule is Nc1ccc(SC2CCC2)cc1. The Labute approximate surface area is 77.3 Å². The number of rotatable bonds is 2. The zero-order valence-electron chi connectivity index (χ0n) is 6.99. The van der Waals surface area contributed by atoms with Crippen LogP contribution < -0.4 is 5.73 Å². The number of thioether (sulfide) groups is 1. The second-order valence-corrected chi connectivity index (χ2v) is 4.61. The molecule has 0 aliphatic heterocycles. The Morgan fingerprint density at radius 3 is 2.33 bits per heavy atom. The van der Waals surface area contributed by atoms with E-state index in [-0.39, 0.29) is 0 Å². The van der Waals surface area contributed by atoms with Crippen LogP contribution in [0.5, 0.6) is 0 Å². The van der Waals surface area contributed by atoms with Crippen molar-refractivity contribution in [3.63, 3.8) is 0 Å². The third kappa shape index (κ3) is 1.75. The topological polar surface area (TPSA) is 26.0 Å². The molecule has 1 nitrogen and oxygen atoms in total. The number of nitrogens with two attached hydrogens (primary N) is 1. The summed E-state index contributed by atoms with van der Waals surface area (Å²) in [6.45, 7) is 0. The lowest BCUT2D eigenvalue weighted by atomic mass is 10.0. The predicted molar refractivity (Wildman–Crippen MR) is 54.4 cm³/mol. The molecule has 0 bridgehead atoms. The zero-order valence-corrected chi connectivity index (χ0v) is 7.81. The summed E-state index contributed by atoms with van der Waals surface area (Å²) in [6.07, 6.45) is 4.18. The van der Waals surface area contributed by atoms with E-state index < -0.39 is 0 Å². The molecule has 1 aromatic carbocycles. The van der Waals surface area contributed by atoms with Crippen LogP contribution in [0.1, 0.15) is 19.3 Å². The van der Waals surface area contributed by atoms with E-state index in [9.17, 15) is 0 Å². The van der Waals surface area contributed by atoms with Gasteiger partial charge in [-0.05, 0) is 37.1 Å². The molecule has 1 aliphatic carbocycles. The van der Waals surface area contributed by atoms with E-state index in [4.69, 9.17) is 5.73 Å². The summed E-state index contributed by atoms with van der Waals surface area (Å²) in [5.74, 6) is 0. The van der Waals surface area contributed by atoms with Crippen molar-refractivity contribution < 1.29 is 0 Å². The van der Waals surface area contributed by atoms with Crippen molar-refractivity contribution in [2.24, 2.45) is 0 Å².